The highest BCUT2D eigenvalue weighted by Gasteiger charge is 2.33. The van der Waals surface area contributed by atoms with Gasteiger partial charge >= 0.3 is 0 Å². The van der Waals surface area contributed by atoms with Gasteiger partial charge in [0.2, 0.25) is 12.3 Å². The van der Waals surface area contributed by atoms with Gasteiger partial charge in [-0.3, -0.25) is 14.5 Å². The zero-order valence-corrected chi connectivity index (χ0v) is 17.7. The average Bonchev–Trinajstić information content (AvgIpc) is 3.20. The zero-order valence-electron chi connectivity index (χ0n) is 17.7. The van der Waals surface area contributed by atoms with Crippen molar-refractivity contribution < 1.29 is 14.3 Å². The summed E-state index contributed by atoms with van der Waals surface area (Å²) in [5.41, 5.74) is 1.93. The van der Waals surface area contributed by atoms with Crippen molar-refractivity contribution in [1.82, 2.24) is 20.1 Å². The van der Waals surface area contributed by atoms with Gasteiger partial charge in [-0.2, -0.15) is 0 Å². The van der Waals surface area contributed by atoms with Crippen molar-refractivity contribution in [2.24, 2.45) is 5.92 Å². The SMILES string of the molecule is C=CCC(C(=O)NCCCN1CCOCC1)C(c1c[nH]c2ccccc12)N(C)C=O. The van der Waals surface area contributed by atoms with Crippen LogP contribution in [0.5, 0.6) is 0 Å². The van der Waals surface area contributed by atoms with Crippen LogP contribution in [0.2, 0.25) is 0 Å². The van der Waals surface area contributed by atoms with Crippen LogP contribution < -0.4 is 5.32 Å². The van der Waals surface area contributed by atoms with Crippen LogP contribution in [-0.4, -0.2) is 73.5 Å². The molecule has 2 atom stereocenters. The molecule has 0 aliphatic carbocycles. The molecule has 1 aromatic carbocycles. The van der Waals surface area contributed by atoms with Gasteiger partial charge in [0.1, 0.15) is 0 Å². The molecular weight excluding hydrogens is 380 g/mol. The van der Waals surface area contributed by atoms with E-state index in [1.54, 1.807) is 18.0 Å². The van der Waals surface area contributed by atoms with Crippen molar-refractivity contribution in [1.29, 1.82) is 0 Å². The molecule has 3 rings (SSSR count). The molecular formula is C23H32N4O3. The topological polar surface area (TPSA) is 77.7 Å². The Kier molecular flexibility index (Phi) is 8.04. The number of aromatic nitrogens is 1. The fourth-order valence-corrected chi connectivity index (χ4v) is 4.15. The molecule has 7 nitrogen and oxygen atoms in total. The number of para-hydroxylation sites is 1. The lowest BCUT2D eigenvalue weighted by molar-refractivity contribution is -0.129. The lowest BCUT2D eigenvalue weighted by atomic mass is 9.88. The smallest absolute Gasteiger partial charge is 0.225 e. The molecule has 0 radical (unpaired) electrons. The van der Waals surface area contributed by atoms with E-state index in [4.69, 9.17) is 4.74 Å². The number of benzene rings is 1. The molecule has 2 heterocycles. The molecule has 2 N–H and O–H groups in total. The molecule has 0 saturated carbocycles. The Hall–Kier alpha value is -2.64. The Morgan fingerprint density at radius 2 is 2.13 bits per heavy atom. The number of hydrogen-bond donors (Lipinski definition) is 2. The van der Waals surface area contributed by atoms with Crippen molar-refractivity contribution in [3.05, 3.63) is 48.7 Å². The van der Waals surface area contributed by atoms with Crippen LogP contribution in [0.25, 0.3) is 10.9 Å². The predicted molar refractivity (Wildman–Crippen MR) is 118 cm³/mol. The molecule has 2 aromatic rings. The first-order chi connectivity index (χ1) is 14.7. The molecule has 1 aliphatic heterocycles. The van der Waals surface area contributed by atoms with Crippen molar-refractivity contribution >= 4 is 23.2 Å². The molecule has 2 unspecified atom stereocenters. The van der Waals surface area contributed by atoms with E-state index in [2.05, 4.69) is 21.8 Å². The Labute approximate surface area is 178 Å². The van der Waals surface area contributed by atoms with Crippen LogP contribution in [0.4, 0.5) is 0 Å². The van der Waals surface area contributed by atoms with E-state index in [0.717, 1.165) is 62.1 Å². The maximum absolute atomic E-state index is 13.1. The first-order valence-electron chi connectivity index (χ1n) is 10.6. The molecule has 1 fully saturated rings. The van der Waals surface area contributed by atoms with Gasteiger partial charge in [0.15, 0.2) is 0 Å². The van der Waals surface area contributed by atoms with E-state index in [9.17, 15) is 9.59 Å². The number of aromatic amines is 1. The number of ether oxygens (including phenoxy) is 1. The second kappa shape index (κ2) is 10.9. The fourth-order valence-electron chi connectivity index (χ4n) is 4.15. The predicted octanol–water partition coefficient (Wildman–Crippen LogP) is 2.33. The summed E-state index contributed by atoms with van der Waals surface area (Å²) in [7, 11) is 1.72. The highest BCUT2D eigenvalue weighted by Crippen LogP contribution is 2.34. The molecule has 2 amide bonds. The van der Waals surface area contributed by atoms with Crippen molar-refractivity contribution in [3.63, 3.8) is 0 Å². The maximum atomic E-state index is 13.1. The van der Waals surface area contributed by atoms with E-state index >= 15 is 0 Å². The van der Waals surface area contributed by atoms with Crippen LogP contribution in [0, 0.1) is 5.92 Å². The van der Waals surface area contributed by atoms with E-state index in [0.29, 0.717) is 13.0 Å². The van der Waals surface area contributed by atoms with Gasteiger partial charge in [-0.25, -0.2) is 0 Å². The molecule has 1 saturated heterocycles. The first kappa shape index (κ1) is 22.1. The first-order valence-corrected chi connectivity index (χ1v) is 10.6. The summed E-state index contributed by atoms with van der Waals surface area (Å²) < 4.78 is 5.37. The standard InChI is InChI=1S/C23H32N4O3/c1-3-7-19(23(29)24-10-6-11-27-12-14-30-15-13-27)22(26(2)17-28)20-16-25-21-9-5-4-8-18(20)21/h3-5,8-9,16-17,19,22,25H,1,6-7,10-15H2,2H3,(H,24,29). The van der Waals surface area contributed by atoms with E-state index in [-0.39, 0.29) is 11.9 Å². The summed E-state index contributed by atoms with van der Waals surface area (Å²) >= 11 is 0. The minimum atomic E-state index is -0.416. The summed E-state index contributed by atoms with van der Waals surface area (Å²) in [4.78, 5) is 32.0. The van der Waals surface area contributed by atoms with Gasteiger partial charge in [-0.15, -0.1) is 6.58 Å². The van der Waals surface area contributed by atoms with E-state index in [1.807, 2.05) is 30.5 Å². The lowest BCUT2D eigenvalue weighted by Crippen LogP contribution is -2.41. The van der Waals surface area contributed by atoms with Crippen molar-refractivity contribution in [3.8, 4) is 0 Å². The summed E-state index contributed by atoms with van der Waals surface area (Å²) in [5.74, 6) is -0.471. The van der Waals surface area contributed by atoms with Gasteiger partial charge in [0.05, 0.1) is 25.2 Å². The summed E-state index contributed by atoms with van der Waals surface area (Å²) in [6, 6.07) is 7.55. The summed E-state index contributed by atoms with van der Waals surface area (Å²) in [6.07, 6.45) is 5.80. The number of nitrogens with zero attached hydrogens (tertiary/aromatic N) is 2. The third-order valence-electron chi connectivity index (χ3n) is 5.74. The Bertz CT molecular complexity index is 844. The molecule has 0 bridgehead atoms. The monoisotopic (exact) mass is 412 g/mol. The summed E-state index contributed by atoms with van der Waals surface area (Å²) in [6.45, 7) is 8.83. The van der Waals surface area contributed by atoms with Crippen LogP contribution in [0.15, 0.2) is 43.1 Å². The number of H-pyrrole nitrogens is 1. The fraction of sp³-hybridized carbons (Fsp3) is 0.478. The highest BCUT2D eigenvalue weighted by molar-refractivity contribution is 5.86. The van der Waals surface area contributed by atoms with Crippen molar-refractivity contribution in [2.45, 2.75) is 18.9 Å². The third kappa shape index (κ3) is 5.29. The Morgan fingerprint density at radius 3 is 2.87 bits per heavy atom. The largest absolute Gasteiger partial charge is 0.379 e. The van der Waals surface area contributed by atoms with Crippen molar-refractivity contribution in [2.75, 3.05) is 46.4 Å². The number of rotatable bonds is 11. The number of fused-ring (bicyclic) bond motifs is 1. The third-order valence-corrected chi connectivity index (χ3v) is 5.74. The molecule has 1 aliphatic rings. The number of amides is 2. The van der Waals surface area contributed by atoms with Gasteiger partial charge in [-0.05, 0) is 25.5 Å². The number of allylic oxidation sites excluding steroid dienone is 1. The molecule has 162 valence electrons. The lowest BCUT2D eigenvalue weighted by Gasteiger charge is -2.31. The molecule has 30 heavy (non-hydrogen) atoms. The number of carbonyl (C=O) groups excluding carboxylic acids is 2. The normalized spacial score (nSPS) is 16.7. The Morgan fingerprint density at radius 1 is 1.37 bits per heavy atom. The average molecular weight is 413 g/mol. The van der Waals surface area contributed by atoms with Crippen LogP contribution in [-0.2, 0) is 14.3 Å². The number of hydrogen-bond acceptors (Lipinski definition) is 4. The quantitative estimate of drug-likeness (QED) is 0.337. The number of nitrogens with one attached hydrogen (secondary N) is 2. The molecule has 1 aromatic heterocycles. The number of carbonyl (C=O) groups is 2. The summed E-state index contributed by atoms with van der Waals surface area (Å²) in [5, 5.41) is 4.10. The second-order valence-electron chi connectivity index (χ2n) is 7.73. The van der Waals surface area contributed by atoms with Gasteiger partial charge in [-0.1, -0.05) is 24.3 Å². The van der Waals surface area contributed by atoms with Gasteiger partial charge in [0, 0.05) is 49.3 Å². The zero-order chi connectivity index (χ0) is 21.3. The maximum Gasteiger partial charge on any atom is 0.225 e. The van der Waals surface area contributed by atoms with E-state index < -0.39 is 5.92 Å². The van der Waals surface area contributed by atoms with Gasteiger partial charge < -0.3 is 19.9 Å². The minimum absolute atomic E-state index is 0.0548. The van der Waals surface area contributed by atoms with Crippen LogP contribution in [0.3, 0.4) is 0 Å². The molecule has 0 spiro atoms. The highest BCUT2D eigenvalue weighted by atomic mass is 16.5. The van der Waals surface area contributed by atoms with Crippen LogP contribution >= 0.6 is 0 Å². The minimum Gasteiger partial charge on any atom is -0.379 e. The number of morpholine rings is 1. The van der Waals surface area contributed by atoms with Crippen LogP contribution in [0.1, 0.15) is 24.4 Å². The second-order valence-corrected chi connectivity index (χ2v) is 7.73. The van der Waals surface area contributed by atoms with E-state index in [1.165, 1.54) is 0 Å². The Balaban J connectivity index is 1.70. The molecule has 7 heteroatoms. The van der Waals surface area contributed by atoms with Gasteiger partial charge in [0.25, 0.3) is 0 Å².